The molecule has 2 rings (SSSR count). The van der Waals surface area contributed by atoms with Gasteiger partial charge in [0.2, 0.25) is 0 Å². The van der Waals surface area contributed by atoms with Crippen molar-refractivity contribution in [3.05, 3.63) is 30.1 Å². The number of nitrogens with one attached hydrogen (secondary N) is 1. The van der Waals surface area contributed by atoms with Gasteiger partial charge in [0.1, 0.15) is 0 Å². The number of aromatic nitrogens is 2. The van der Waals surface area contributed by atoms with Crippen LogP contribution in [-0.4, -0.2) is 22.9 Å². The van der Waals surface area contributed by atoms with E-state index in [1.165, 1.54) is 31.4 Å². The van der Waals surface area contributed by atoms with E-state index in [1.807, 2.05) is 10.9 Å². The molecule has 1 N–H and O–H groups in total. The Kier molecular flexibility index (Phi) is 4.80. The van der Waals surface area contributed by atoms with Crippen LogP contribution in [0.4, 0.5) is 0 Å². The van der Waals surface area contributed by atoms with Crippen molar-refractivity contribution in [3.63, 3.8) is 0 Å². The third-order valence-electron chi connectivity index (χ3n) is 3.31. The van der Waals surface area contributed by atoms with Crippen LogP contribution >= 0.6 is 0 Å². The van der Waals surface area contributed by atoms with Gasteiger partial charge in [-0.1, -0.05) is 12.2 Å². The highest BCUT2D eigenvalue weighted by Gasteiger charge is 2.08. The standard InChI is InChI=1S/C14H23N3/c1-13-10-16-17(12-13)9-5-8-15-11-14-6-3-2-4-7-14/h2-3,10,12,14-15H,4-9,11H2,1H3/t14-/m1/s1. The topological polar surface area (TPSA) is 29.9 Å². The molecule has 94 valence electrons. The number of nitrogens with zero attached hydrogens (tertiary/aromatic N) is 2. The minimum atomic E-state index is 0.854. The largest absolute Gasteiger partial charge is 0.316 e. The predicted octanol–water partition coefficient (Wildman–Crippen LogP) is 2.53. The lowest BCUT2D eigenvalue weighted by atomic mass is 9.94. The highest BCUT2D eigenvalue weighted by atomic mass is 15.3. The maximum absolute atomic E-state index is 4.28. The maximum atomic E-state index is 4.28. The summed E-state index contributed by atoms with van der Waals surface area (Å²) in [4.78, 5) is 0. The van der Waals surface area contributed by atoms with Gasteiger partial charge in [-0.25, -0.2) is 0 Å². The molecule has 0 saturated carbocycles. The lowest BCUT2D eigenvalue weighted by molar-refractivity contribution is 0.431. The smallest absolute Gasteiger partial charge is 0.0518 e. The van der Waals surface area contributed by atoms with Gasteiger partial charge in [-0.15, -0.1) is 0 Å². The fourth-order valence-corrected chi connectivity index (χ4v) is 2.30. The Hall–Kier alpha value is -1.09. The van der Waals surface area contributed by atoms with Crippen LogP contribution < -0.4 is 5.32 Å². The molecule has 0 unspecified atom stereocenters. The summed E-state index contributed by atoms with van der Waals surface area (Å²) in [5.74, 6) is 0.854. The van der Waals surface area contributed by atoms with Crippen LogP contribution in [-0.2, 0) is 6.54 Å². The van der Waals surface area contributed by atoms with Gasteiger partial charge in [0.05, 0.1) is 6.20 Å². The summed E-state index contributed by atoms with van der Waals surface area (Å²) in [7, 11) is 0. The fraction of sp³-hybridized carbons (Fsp3) is 0.643. The normalized spacial score (nSPS) is 19.7. The van der Waals surface area contributed by atoms with E-state index in [-0.39, 0.29) is 0 Å². The van der Waals surface area contributed by atoms with Crippen LogP contribution in [0.3, 0.4) is 0 Å². The number of hydrogen-bond acceptors (Lipinski definition) is 2. The van der Waals surface area contributed by atoms with Crippen LogP contribution in [0.5, 0.6) is 0 Å². The van der Waals surface area contributed by atoms with Crippen molar-refractivity contribution in [2.24, 2.45) is 5.92 Å². The summed E-state index contributed by atoms with van der Waals surface area (Å²) >= 11 is 0. The van der Waals surface area contributed by atoms with Crippen molar-refractivity contribution in [1.29, 1.82) is 0 Å². The first kappa shape index (κ1) is 12.4. The quantitative estimate of drug-likeness (QED) is 0.604. The third kappa shape index (κ3) is 4.35. The SMILES string of the molecule is Cc1cnn(CCCNC[C@@H]2CC=CCC2)c1. The Morgan fingerprint density at radius 3 is 3.12 bits per heavy atom. The van der Waals surface area contributed by atoms with Crippen molar-refractivity contribution < 1.29 is 0 Å². The van der Waals surface area contributed by atoms with Gasteiger partial charge in [0.15, 0.2) is 0 Å². The van der Waals surface area contributed by atoms with E-state index in [2.05, 4.69) is 35.7 Å². The lowest BCUT2D eigenvalue weighted by Crippen LogP contribution is -2.25. The van der Waals surface area contributed by atoms with E-state index in [0.29, 0.717) is 0 Å². The third-order valence-corrected chi connectivity index (χ3v) is 3.31. The Labute approximate surface area is 104 Å². The summed E-state index contributed by atoms with van der Waals surface area (Å²) in [6.07, 6.45) is 13.7. The van der Waals surface area contributed by atoms with Crippen molar-refractivity contribution in [2.45, 2.75) is 39.2 Å². The molecule has 0 fully saturated rings. The number of aryl methyl sites for hydroxylation is 2. The molecule has 1 aromatic heterocycles. The molecule has 0 aliphatic heterocycles. The molecule has 1 aromatic rings. The zero-order chi connectivity index (χ0) is 11.9. The molecular weight excluding hydrogens is 210 g/mol. The molecule has 0 spiro atoms. The second-order valence-electron chi connectivity index (χ2n) is 4.99. The minimum absolute atomic E-state index is 0.854. The van der Waals surface area contributed by atoms with Gasteiger partial charge in [-0.05, 0) is 57.2 Å². The second kappa shape index (κ2) is 6.60. The molecule has 1 heterocycles. The monoisotopic (exact) mass is 233 g/mol. The molecular formula is C14H23N3. The van der Waals surface area contributed by atoms with Gasteiger partial charge in [-0.3, -0.25) is 4.68 Å². The molecule has 3 nitrogen and oxygen atoms in total. The zero-order valence-corrected chi connectivity index (χ0v) is 10.7. The Balaban J connectivity index is 1.53. The molecule has 1 atom stereocenters. The van der Waals surface area contributed by atoms with Crippen LogP contribution in [0.25, 0.3) is 0 Å². The summed E-state index contributed by atoms with van der Waals surface area (Å²) in [5.41, 5.74) is 1.24. The van der Waals surface area contributed by atoms with Crippen molar-refractivity contribution in [2.75, 3.05) is 13.1 Å². The Bertz CT molecular complexity index is 354. The van der Waals surface area contributed by atoms with E-state index in [9.17, 15) is 0 Å². The Morgan fingerprint density at radius 1 is 1.47 bits per heavy atom. The van der Waals surface area contributed by atoms with Crippen LogP contribution in [0, 0.1) is 12.8 Å². The van der Waals surface area contributed by atoms with Crippen LogP contribution in [0.15, 0.2) is 24.5 Å². The van der Waals surface area contributed by atoms with E-state index in [1.54, 1.807) is 0 Å². The molecule has 1 aliphatic rings. The molecule has 1 aliphatic carbocycles. The van der Waals surface area contributed by atoms with E-state index in [4.69, 9.17) is 0 Å². The maximum Gasteiger partial charge on any atom is 0.0518 e. The summed E-state index contributed by atoms with van der Waals surface area (Å²) < 4.78 is 2.03. The first-order chi connectivity index (χ1) is 8.34. The molecule has 0 radical (unpaired) electrons. The highest BCUT2D eigenvalue weighted by Crippen LogP contribution is 2.16. The first-order valence-corrected chi connectivity index (χ1v) is 6.69. The van der Waals surface area contributed by atoms with Crippen LogP contribution in [0.2, 0.25) is 0 Å². The molecule has 17 heavy (non-hydrogen) atoms. The van der Waals surface area contributed by atoms with Crippen molar-refractivity contribution >= 4 is 0 Å². The molecule has 0 amide bonds. The fourth-order valence-electron chi connectivity index (χ4n) is 2.30. The predicted molar refractivity (Wildman–Crippen MR) is 70.9 cm³/mol. The lowest BCUT2D eigenvalue weighted by Gasteiger charge is -2.18. The average molecular weight is 233 g/mol. The van der Waals surface area contributed by atoms with Crippen molar-refractivity contribution in [1.82, 2.24) is 15.1 Å². The first-order valence-electron chi connectivity index (χ1n) is 6.69. The van der Waals surface area contributed by atoms with E-state index in [0.717, 1.165) is 25.4 Å². The highest BCUT2D eigenvalue weighted by molar-refractivity contribution is 4.99. The van der Waals surface area contributed by atoms with E-state index < -0.39 is 0 Å². The van der Waals surface area contributed by atoms with Gasteiger partial charge in [0, 0.05) is 12.7 Å². The summed E-state index contributed by atoms with van der Waals surface area (Å²) in [6, 6.07) is 0. The van der Waals surface area contributed by atoms with Gasteiger partial charge in [0.25, 0.3) is 0 Å². The van der Waals surface area contributed by atoms with E-state index >= 15 is 0 Å². The minimum Gasteiger partial charge on any atom is -0.316 e. The number of allylic oxidation sites excluding steroid dienone is 2. The molecule has 0 aromatic carbocycles. The van der Waals surface area contributed by atoms with Gasteiger partial charge in [-0.2, -0.15) is 5.10 Å². The van der Waals surface area contributed by atoms with Gasteiger partial charge >= 0.3 is 0 Å². The number of hydrogen-bond donors (Lipinski definition) is 1. The summed E-state index contributed by atoms with van der Waals surface area (Å²) in [5, 5.41) is 7.84. The van der Waals surface area contributed by atoms with Crippen LogP contribution in [0.1, 0.15) is 31.2 Å². The van der Waals surface area contributed by atoms with Gasteiger partial charge < -0.3 is 5.32 Å². The Morgan fingerprint density at radius 2 is 2.41 bits per heavy atom. The average Bonchev–Trinajstić information content (AvgIpc) is 2.76. The second-order valence-corrected chi connectivity index (χ2v) is 4.99. The molecule has 0 saturated heterocycles. The molecule has 0 bridgehead atoms. The zero-order valence-electron chi connectivity index (χ0n) is 10.7. The number of rotatable bonds is 6. The molecule has 3 heteroatoms. The van der Waals surface area contributed by atoms with Crippen molar-refractivity contribution in [3.8, 4) is 0 Å². The summed E-state index contributed by atoms with van der Waals surface area (Å²) in [6.45, 7) is 5.37.